The highest BCUT2D eigenvalue weighted by Crippen LogP contribution is 2.37. The first kappa shape index (κ1) is 16.7. The van der Waals surface area contributed by atoms with E-state index in [4.69, 9.17) is 0 Å². The maximum absolute atomic E-state index is 12.5. The molecule has 1 saturated carbocycles. The zero-order valence-electron chi connectivity index (χ0n) is 12.7. The number of ether oxygens (including phenoxy) is 1. The Balaban J connectivity index is 1.69. The lowest BCUT2D eigenvalue weighted by Crippen LogP contribution is -2.18. The van der Waals surface area contributed by atoms with Crippen molar-refractivity contribution in [1.82, 2.24) is 14.8 Å². The number of aromatic amines is 1. The number of thioether (sulfide) groups is 1. The molecule has 0 amide bonds. The van der Waals surface area contributed by atoms with E-state index in [1.807, 2.05) is 0 Å². The zero-order valence-corrected chi connectivity index (χ0v) is 13.6. The predicted octanol–water partition coefficient (Wildman–Crippen LogP) is 2.87. The third-order valence-corrected chi connectivity index (χ3v) is 4.67. The van der Waals surface area contributed by atoms with Crippen molar-refractivity contribution in [2.24, 2.45) is 0 Å². The van der Waals surface area contributed by atoms with Gasteiger partial charge in [0.15, 0.2) is 10.9 Å². The molecule has 9 heteroatoms. The number of hydrogen-bond donors (Lipinski definition) is 1. The molecular weight excluding hydrogens is 340 g/mol. The number of carbonyl (C=O) groups is 1. The van der Waals surface area contributed by atoms with Gasteiger partial charge in [-0.05, 0) is 44.0 Å². The summed E-state index contributed by atoms with van der Waals surface area (Å²) in [6.07, 6.45) is 1.86. The van der Waals surface area contributed by atoms with Gasteiger partial charge >= 0.3 is 12.3 Å². The third kappa shape index (κ3) is 3.66. The average molecular weight is 355 g/mol. The van der Waals surface area contributed by atoms with Crippen molar-refractivity contribution in [3.8, 4) is 5.75 Å². The second kappa shape index (κ2) is 6.76. The third-order valence-electron chi connectivity index (χ3n) is 3.60. The van der Waals surface area contributed by atoms with Crippen molar-refractivity contribution in [2.75, 3.05) is 0 Å². The molecule has 1 aliphatic carbocycles. The first-order chi connectivity index (χ1) is 11.5. The van der Waals surface area contributed by atoms with Gasteiger partial charge in [-0.25, -0.2) is 9.89 Å². The number of nitrogens with one attached hydrogen (secondary N) is 1. The molecule has 1 N–H and O–H groups in total. The van der Waals surface area contributed by atoms with E-state index in [0.29, 0.717) is 10.7 Å². The second-order valence-electron chi connectivity index (χ2n) is 5.44. The van der Waals surface area contributed by atoms with E-state index in [9.17, 15) is 18.4 Å². The highest BCUT2D eigenvalue weighted by molar-refractivity contribution is 8.00. The smallest absolute Gasteiger partial charge is 0.387 e. The van der Waals surface area contributed by atoms with Gasteiger partial charge in [-0.15, -0.1) is 5.10 Å². The summed E-state index contributed by atoms with van der Waals surface area (Å²) in [6.45, 7) is -1.19. The van der Waals surface area contributed by atoms with Crippen LogP contribution in [-0.4, -0.2) is 32.4 Å². The predicted molar refractivity (Wildman–Crippen MR) is 83.8 cm³/mol. The number of aromatic nitrogens is 3. The molecule has 2 aromatic rings. The fourth-order valence-electron chi connectivity index (χ4n) is 2.28. The Labute approximate surface area is 140 Å². The van der Waals surface area contributed by atoms with E-state index in [2.05, 4.69) is 14.9 Å². The first-order valence-corrected chi connectivity index (χ1v) is 8.26. The quantitative estimate of drug-likeness (QED) is 0.610. The molecule has 0 unspecified atom stereocenters. The molecule has 128 valence electrons. The molecule has 0 spiro atoms. The second-order valence-corrected chi connectivity index (χ2v) is 6.75. The van der Waals surface area contributed by atoms with Crippen LogP contribution in [0.4, 0.5) is 8.78 Å². The topological polar surface area (TPSA) is 77.0 Å². The van der Waals surface area contributed by atoms with Crippen LogP contribution in [0.2, 0.25) is 0 Å². The largest absolute Gasteiger partial charge is 0.435 e. The summed E-state index contributed by atoms with van der Waals surface area (Å²) < 4.78 is 30.1. The summed E-state index contributed by atoms with van der Waals surface area (Å²) in [5.74, 6) is -0.182. The van der Waals surface area contributed by atoms with Gasteiger partial charge in [0, 0.05) is 11.6 Å². The van der Waals surface area contributed by atoms with Crippen LogP contribution in [0.5, 0.6) is 5.75 Å². The molecule has 24 heavy (non-hydrogen) atoms. The van der Waals surface area contributed by atoms with Crippen LogP contribution in [0.25, 0.3) is 0 Å². The Morgan fingerprint density at radius 1 is 1.38 bits per heavy atom. The number of halogens is 2. The first-order valence-electron chi connectivity index (χ1n) is 7.38. The van der Waals surface area contributed by atoms with Crippen LogP contribution in [0, 0.1) is 0 Å². The average Bonchev–Trinajstić information content (AvgIpc) is 3.31. The van der Waals surface area contributed by atoms with E-state index in [1.54, 1.807) is 11.5 Å². The van der Waals surface area contributed by atoms with Gasteiger partial charge in [0.2, 0.25) is 0 Å². The summed E-state index contributed by atoms with van der Waals surface area (Å²) in [7, 11) is 0. The highest BCUT2D eigenvalue weighted by atomic mass is 32.2. The van der Waals surface area contributed by atoms with Crippen molar-refractivity contribution in [3.05, 3.63) is 40.3 Å². The molecule has 1 atom stereocenters. The molecular formula is C15H15F2N3O3S. The number of carbonyl (C=O) groups excluding carboxylic acids is 1. The Hall–Kier alpha value is -2.16. The number of alkyl halides is 2. The van der Waals surface area contributed by atoms with Crippen molar-refractivity contribution in [1.29, 1.82) is 0 Å². The molecule has 0 saturated heterocycles. The monoisotopic (exact) mass is 355 g/mol. The van der Waals surface area contributed by atoms with E-state index < -0.39 is 11.9 Å². The van der Waals surface area contributed by atoms with Crippen LogP contribution in [-0.2, 0) is 0 Å². The number of ketones is 1. The van der Waals surface area contributed by atoms with Crippen molar-refractivity contribution >= 4 is 17.5 Å². The lowest BCUT2D eigenvalue weighted by molar-refractivity contribution is -0.0498. The number of benzene rings is 1. The van der Waals surface area contributed by atoms with Crippen LogP contribution >= 0.6 is 11.8 Å². The van der Waals surface area contributed by atoms with Crippen molar-refractivity contribution < 1.29 is 18.3 Å². The maximum Gasteiger partial charge on any atom is 0.387 e. The van der Waals surface area contributed by atoms with Gasteiger partial charge in [0.05, 0.1) is 5.25 Å². The fourth-order valence-corrected chi connectivity index (χ4v) is 3.28. The summed E-state index contributed by atoms with van der Waals surface area (Å²) >= 11 is 1.20. The molecule has 1 aromatic carbocycles. The van der Waals surface area contributed by atoms with Crippen molar-refractivity contribution in [2.45, 2.75) is 42.8 Å². The SMILES string of the molecule is C[C@H](Sc1n[nH]c(=O)n1C1CC1)C(=O)c1ccc(OC(F)F)cc1. The fraction of sp³-hybridized carbons (Fsp3) is 0.400. The zero-order chi connectivity index (χ0) is 17.3. The number of nitrogens with zero attached hydrogens (tertiary/aromatic N) is 2. The number of H-pyrrole nitrogens is 1. The van der Waals surface area contributed by atoms with E-state index in [0.717, 1.165) is 12.8 Å². The normalized spacial score (nSPS) is 15.5. The van der Waals surface area contributed by atoms with Crippen LogP contribution < -0.4 is 10.4 Å². The number of hydrogen-bond acceptors (Lipinski definition) is 5. The molecule has 3 rings (SSSR count). The molecule has 1 aromatic heterocycles. The van der Waals surface area contributed by atoms with Gasteiger partial charge in [0.1, 0.15) is 5.75 Å². The summed E-state index contributed by atoms with van der Waals surface area (Å²) in [5, 5.41) is 6.39. The summed E-state index contributed by atoms with van der Waals surface area (Å²) in [4.78, 5) is 24.2. The minimum Gasteiger partial charge on any atom is -0.435 e. The van der Waals surface area contributed by atoms with E-state index in [-0.39, 0.29) is 23.3 Å². The minimum atomic E-state index is -2.90. The lowest BCUT2D eigenvalue weighted by atomic mass is 10.1. The molecule has 0 radical (unpaired) electrons. The number of Topliss-reactive ketones (excluding diaryl/α,β-unsaturated/α-hetero) is 1. The van der Waals surface area contributed by atoms with Crippen LogP contribution in [0.15, 0.2) is 34.2 Å². The van der Waals surface area contributed by atoms with Crippen LogP contribution in [0.3, 0.4) is 0 Å². The Kier molecular flexibility index (Phi) is 4.70. The van der Waals surface area contributed by atoms with Gasteiger partial charge in [0.25, 0.3) is 0 Å². The van der Waals surface area contributed by atoms with Gasteiger partial charge in [-0.2, -0.15) is 8.78 Å². The maximum atomic E-state index is 12.5. The summed E-state index contributed by atoms with van der Waals surface area (Å²) in [6, 6.07) is 5.69. The van der Waals surface area contributed by atoms with E-state index >= 15 is 0 Å². The number of rotatable bonds is 7. The van der Waals surface area contributed by atoms with Crippen LogP contribution in [0.1, 0.15) is 36.2 Å². The Morgan fingerprint density at radius 3 is 2.62 bits per heavy atom. The minimum absolute atomic E-state index is 0.00303. The molecule has 6 nitrogen and oxygen atoms in total. The Morgan fingerprint density at radius 2 is 2.04 bits per heavy atom. The van der Waals surface area contributed by atoms with Gasteiger partial charge in [-0.3, -0.25) is 9.36 Å². The lowest BCUT2D eigenvalue weighted by Gasteiger charge is -2.11. The molecule has 1 aliphatic rings. The molecule has 1 fully saturated rings. The molecule has 1 heterocycles. The standard InChI is InChI=1S/C15H15F2N3O3S/c1-8(24-15-19-18-14(22)20(15)10-4-5-10)12(21)9-2-6-11(7-3-9)23-13(16)17/h2-3,6-8,10,13H,4-5H2,1H3,(H,18,22)/t8-/m0/s1. The van der Waals surface area contributed by atoms with Crippen molar-refractivity contribution in [3.63, 3.8) is 0 Å². The highest BCUT2D eigenvalue weighted by Gasteiger charge is 2.30. The Bertz CT molecular complexity index is 784. The van der Waals surface area contributed by atoms with Gasteiger partial charge < -0.3 is 4.74 Å². The van der Waals surface area contributed by atoms with E-state index in [1.165, 1.54) is 36.0 Å². The summed E-state index contributed by atoms with van der Waals surface area (Å²) in [5.41, 5.74) is 0.112. The molecule has 0 aliphatic heterocycles. The molecule has 0 bridgehead atoms. The van der Waals surface area contributed by atoms with Gasteiger partial charge in [-0.1, -0.05) is 11.8 Å².